The minimum Gasteiger partial charge on any atom is -0.454 e. The molecule has 21 heavy (non-hydrogen) atoms. The standard InChI is InChI=1S/C15H16N2O4/c1-8(2)13-14(21-9(3)16-13)15(18)17-10-4-5-11-12(6-10)20-7-19-11/h4-6,8H,7H2,1-3H3,(H,17,18). The third kappa shape index (κ3) is 2.56. The molecule has 110 valence electrons. The Hall–Kier alpha value is -2.50. The van der Waals surface area contributed by atoms with Gasteiger partial charge in [0.1, 0.15) is 0 Å². The number of hydrogen-bond acceptors (Lipinski definition) is 5. The van der Waals surface area contributed by atoms with Crippen LogP contribution < -0.4 is 14.8 Å². The summed E-state index contributed by atoms with van der Waals surface area (Å²) < 4.78 is 15.9. The highest BCUT2D eigenvalue weighted by molar-refractivity contribution is 6.03. The molecule has 2 aromatic rings. The van der Waals surface area contributed by atoms with Crippen LogP contribution in [0.4, 0.5) is 5.69 Å². The molecule has 1 aromatic carbocycles. The molecule has 0 radical (unpaired) electrons. The molecule has 0 atom stereocenters. The maximum Gasteiger partial charge on any atom is 0.293 e. The van der Waals surface area contributed by atoms with E-state index in [1.807, 2.05) is 13.8 Å². The number of oxazole rings is 1. The minimum absolute atomic E-state index is 0.111. The quantitative estimate of drug-likeness (QED) is 0.939. The third-order valence-electron chi connectivity index (χ3n) is 3.14. The Morgan fingerprint density at radius 2 is 2.05 bits per heavy atom. The number of carbonyl (C=O) groups is 1. The highest BCUT2D eigenvalue weighted by Gasteiger charge is 2.22. The number of ether oxygens (including phenoxy) is 2. The zero-order valence-corrected chi connectivity index (χ0v) is 12.1. The van der Waals surface area contributed by atoms with Gasteiger partial charge in [0, 0.05) is 18.7 Å². The molecule has 0 fully saturated rings. The fourth-order valence-electron chi connectivity index (χ4n) is 2.16. The summed E-state index contributed by atoms with van der Waals surface area (Å²) in [7, 11) is 0. The first-order valence-electron chi connectivity index (χ1n) is 6.73. The molecule has 1 N–H and O–H groups in total. The van der Waals surface area contributed by atoms with Crippen molar-refractivity contribution in [3.63, 3.8) is 0 Å². The Kier molecular flexibility index (Phi) is 3.29. The zero-order chi connectivity index (χ0) is 15.0. The largest absolute Gasteiger partial charge is 0.454 e. The van der Waals surface area contributed by atoms with Crippen molar-refractivity contribution in [2.24, 2.45) is 0 Å². The van der Waals surface area contributed by atoms with Crippen molar-refractivity contribution >= 4 is 11.6 Å². The predicted molar refractivity (Wildman–Crippen MR) is 75.8 cm³/mol. The second kappa shape index (κ2) is 5.12. The number of nitrogens with one attached hydrogen (secondary N) is 1. The first kappa shape index (κ1) is 13.5. The van der Waals surface area contributed by atoms with E-state index in [0.29, 0.717) is 28.8 Å². The van der Waals surface area contributed by atoms with Gasteiger partial charge in [0.25, 0.3) is 5.91 Å². The molecule has 1 aromatic heterocycles. The average molecular weight is 288 g/mol. The lowest BCUT2D eigenvalue weighted by Gasteiger charge is -2.06. The molecule has 0 aliphatic carbocycles. The van der Waals surface area contributed by atoms with E-state index < -0.39 is 0 Å². The number of hydrogen-bond donors (Lipinski definition) is 1. The van der Waals surface area contributed by atoms with Gasteiger partial charge in [-0.05, 0) is 18.1 Å². The topological polar surface area (TPSA) is 73.6 Å². The lowest BCUT2D eigenvalue weighted by molar-refractivity contribution is 0.0993. The lowest BCUT2D eigenvalue weighted by atomic mass is 10.1. The van der Waals surface area contributed by atoms with Crippen LogP contribution in [0.3, 0.4) is 0 Å². The molecule has 0 saturated heterocycles. The van der Waals surface area contributed by atoms with E-state index in [-0.39, 0.29) is 24.4 Å². The second-order valence-corrected chi connectivity index (χ2v) is 5.12. The van der Waals surface area contributed by atoms with Gasteiger partial charge in [0.2, 0.25) is 12.6 Å². The van der Waals surface area contributed by atoms with Gasteiger partial charge in [0.15, 0.2) is 17.4 Å². The predicted octanol–water partition coefficient (Wildman–Crippen LogP) is 3.09. The maximum absolute atomic E-state index is 12.3. The number of aryl methyl sites for hydroxylation is 1. The van der Waals surface area contributed by atoms with Crippen LogP contribution in [-0.2, 0) is 0 Å². The van der Waals surface area contributed by atoms with Crippen LogP contribution in [0, 0.1) is 6.92 Å². The number of anilines is 1. The number of rotatable bonds is 3. The number of aromatic nitrogens is 1. The molecule has 0 bridgehead atoms. The summed E-state index contributed by atoms with van der Waals surface area (Å²) in [6.45, 7) is 5.86. The van der Waals surface area contributed by atoms with Gasteiger partial charge in [-0.3, -0.25) is 4.79 Å². The Bertz CT molecular complexity index is 691. The number of benzene rings is 1. The van der Waals surface area contributed by atoms with E-state index in [2.05, 4.69) is 10.3 Å². The summed E-state index contributed by atoms with van der Waals surface area (Å²) in [6, 6.07) is 5.23. The normalized spacial score (nSPS) is 12.8. The molecule has 2 heterocycles. The summed E-state index contributed by atoms with van der Waals surface area (Å²) in [5.74, 6) is 1.81. The summed E-state index contributed by atoms with van der Waals surface area (Å²) in [4.78, 5) is 16.6. The lowest BCUT2D eigenvalue weighted by Crippen LogP contribution is -2.13. The summed E-state index contributed by atoms with van der Waals surface area (Å²) in [5.41, 5.74) is 1.28. The Morgan fingerprint density at radius 1 is 1.29 bits per heavy atom. The first-order chi connectivity index (χ1) is 10.0. The van der Waals surface area contributed by atoms with Crippen LogP contribution in [0.15, 0.2) is 22.6 Å². The van der Waals surface area contributed by atoms with Crippen LogP contribution in [0.25, 0.3) is 0 Å². The van der Waals surface area contributed by atoms with Crippen LogP contribution in [0.1, 0.15) is 41.9 Å². The Balaban J connectivity index is 1.83. The second-order valence-electron chi connectivity index (χ2n) is 5.12. The maximum atomic E-state index is 12.3. The monoisotopic (exact) mass is 288 g/mol. The number of fused-ring (bicyclic) bond motifs is 1. The molecule has 6 heteroatoms. The highest BCUT2D eigenvalue weighted by Crippen LogP contribution is 2.34. The van der Waals surface area contributed by atoms with Crippen LogP contribution in [0.2, 0.25) is 0 Å². The molecule has 0 unspecified atom stereocenters. The molecule has 6 nitrogen and oxygen atoms in total. The van der Waals surface area contributed by atoms with Gasteiger partial charge in [-0.2, -0.15) is 0 Å². The Morgan fingerprint density at radius 3 is 2.81 bits per heavy atom. The summed E-state index contributed by atoms with van der Waals surface area (Å²) in [5, 5.41) is 2.79. The number of carbonyl (C=O) groups excluding carboxylic acids is 1. The third-order valence-corrected chi connectivity index (χ3v) is 3.14. The molecular formula is C15H16N2O4. The van der Waals surface area contributed by atoms with E-state index >= 15 is 0 Å². The fraction of sp³-hybridized carbons (Fsp3) is 0.333. The van der Waals surface area contributed by atoms with Crippen molar-refractivity contribution in [2.45, 2.75) is 26.7 Å². The smallest absolute Gasteiger partial charge is 0.293 e. The molecule has 1 aliphatic rings. The molecule has 0 saturated carbocycles. The van der Waals surface area contributed by atoms with E-state index in [0.717, 1.165) is 0 Å². The van der Waals surface area contributed by atoms with Gasteiger partial charge in [-0.1, -0.05) is 13.8 Å². The molecular weight excluding hydrogens is 272 g/mol. The SMILES string of the molecule is Cc1nc(C(C)C)c(C(=O)Nc2ccc3c(c2)OCO3)o1. The van der Waals surface area contributed by atoms with Gasteiger partial charge in [0.05, 0.1) is 5.69 Å². The van der Waals surface area contributed by atoms with Crippen molar-refractivity contribution < 1.29 is 18.7 Å². The molecule has 3 rings (SSSR count). The van der Waals surface area contributed by atoms with Crippen molar-refractivity contribution in [2.75, 3.05) is 12.1 Å². The molecule has 1 amide bonds. The van der Waals surface area contributed by atoms with Gasteiger partial charge in [-0.15, -0.1) is 0 Å². The summed E-state index contributed by atoms with van der Waals surface area (Å²) in [6.07, 6.45) is 0. The highest BCUT2D eigenvalue weighted by atomic mass is 16.7. The van der Waals surface area contributed by atoms with Crippen molar-refractivity contribution in [1.29, 1.82) is 0 Å². The summed E-state index contributed by atoms with van der Waals surface area (Å²) >= 11 is 0. The Labute approximate surface area is 122 Å². The van der Waals surface area contributed by atoms with Crippen LogP contribution in [0.5, 0.6) is 11.5 Å². The average Bonchev–Trinajstić information content (AvgIpc) is 3.04. The molecule has 0 spiro atoms. The van der Waals surface area contributed by atoms with E-state index in [9.17, 15) is 4.79 Å². The zero-order valence-electron chi connectivity index (χ0n) is 12.1. The van der Waals surface area contributed by atoms with Gasteiger partial charge < -0.3 is 19.2 Å². The van der Waals surface area contributed by atoms with E-state index in [1.165, 1.54) is 0 Å². The van der Waals surface area contributed by atoms with E-state index in [4.69, 9.17) is 13.9 Å². The van der Waals surface area contributed by atoms with Gasteiger partial charge >= 0.3 is 0 Å². The molecule has 1 aliphatic heterocycles. The van der Waals surface area contributed by atoms with E-state index in [1.54, 1.807) is 25.1 Å². The minimum atomic E-state index is -0.321. The van der Waals surface area contributed by atoms with Crippen molar-refractivity contribution in [1.82, 2.24) is 4.98 Å². The van der Waals surface area contributed by atoms with Crippen LogP contribution in [-0.4, -0.2) is 17.7 Å². The van der Waals surface area contributed by atoms with Crippen LogP contribution >= 0.6 is 0 Å². The number of nitrogens with zero attached hydrogens (tertiary/aromatic N) is 1. The fourth-order valence-corrected chi connectivity index (χ4v) is 2.16. The van der Waals surface area contributed by atoms with Crippen molar-refractivity contribution in [3.8, 4) is 11.5 Å². The van der Waals surface area contributed by atoms with Crippen molar-refractivity contribution in [3.05, 3.63) is 35.5 Å². The van der Waals surface area contributed by atoms with Gasteiger partial charge in [-0.25, -0.2) is 4.98 Å². The first-order valence-corrected chi connectivity index (χ1v) is 6.73. The number of amides is 1.